The lowest BCUT2D eigenvalue weighted by atomic mass is 9.98. The molecule has 2 aliphatic heterocycles. The highest BCUT2D eigenvalue weighted by molar-refractivity contribution is 5.38. The zero-order chi connectivity index (χ0) is 11.7. The van der Waals surface area contributed by atoms with Gasteiger partial charge in [-0.25, -0.2) is 4.98 Å². The summed E-state index contributed by atoms with van der Waals surface area (Å²) in [5, 5.41) is 0. The third kappa shape index (κ3) is 2.00. The van der Waals surface area contributed by atoms with Crippen LogP contribution < -0.4 is 4.90 Å². The van der Waals surface area contributed by atoms with Crippen molar-refractivity contribution in [1.82, 2.24) is 9.97 Å². The Morgan fingerprint density at radius 1 is 1.53 bits per heavy atom. The number of rotatable bonds is 2. The maximum Gasteiger partial charge on any atom is 0.147 e. The Labute approximate surface area is 101 Å². The molecule has 2 unspecified atom stereocenters. The van der Waals surface area contributed by atoms with Gasteiger partial charge in [0.05, 0.1) is 24.5 Å². The zero-order valence-electron chi connectivity index (χ0n) is 10.0. The lowest BCUT2D eigenvalue weighted by Gasteiger charge is -2.23. The minimum Gasteiger partial charge on any atom is -0.379 e. The molecular formula is C12H17N3O2. The van der Waals surface area contributed by atoms with E-state index in [0.717, 1.165) is 31.7 Å². The summed E-state index contributed by atoms with van der Waals surface area (Å²) >= 11 is 0. The van der Waals surface area contributed by atoms with Crippen molar-refractivity contribution in [3.8, 4) is 0 Å². The van der Waals surface area contributed by atoms with Crippen LogP contribution in [-0.2, 0) is 9.47 Å². The van der Waals surface area contributed by atoms with Crippen LogP contribution in [0.1, 0.15) is 12.8 Å². The van der Waals surface area contributed by atoms with Crippen LogP contribution in [0.5, 0.6) is 0 Å². The standard InChI is InChI=1S/C12H17N3O2/c1-16-10-6-12(17-8-10)2-5-15(9-12)11-7-13-3-4-14-11/h3-4,7,10H,2,5-6,8-9H2,1H3. The minimum atomic E-state index is -0.0296. The van der Waals surface area contributed by atoms with Crippen LogP contribution in [0.25, 0.3) is 0 Å². The van der Waals surface area contributed by atoms with Crippen LogP contribution in [0.15, 0.2) is 18.6 Å². The number of methoxy groups -OCH3 is 1. The summed E-state index contributed by atoms with van der Waals surface area (Å²) in [5.74, 6) is 0.939. The van der Waals surface area contributed by atoms with Crippen molar-refractivity contribution in [1.29, 1.82) is 0 Å². The van der Waals surface area contributed by atoms with Gasteiger partial charge in [-0.05, 0) is 6.42 Å². The van der Waals surface area contributed by atoms with Gasteiger partial charge in [-0.3, -0.25) is 4.98 Å². The summed E-state index contributed by atoms with van der Waals surface area (Å²) < 4.78 is 11.3. The number of ether oxygens (including phenoxy) is 2. The molecule has 2 saturated heterocycles. The Morgan fingerprint density at radius 3 is 3.18 bits per heavy atom. The Bertz CT molecular complexity index is 387. The first-order chi connectivity index (χ1) is 8.31. The second kappa shape index (κ2) is 4.23. The molecule has 3 rings (SSSR count). The first-order valence-electron chi connectivity index (χ1n) is 5.99. The third-order valence-corrected chi connectivity index (χ3v) is 3.70. The normalized spacial score (nSPS) is 32.5. The average Bonchev–Trinajstić information content (AvgIpc) is 2.99. The summed E-state index contributed by atoms with van der Waals surface area (Å²) in [5.41, 5.74) is -0.0296. The van der Waals surface area contributed by atoms with Crippen molar-refractivity contribution in [2.75, 3.05) is 31.7 Å². The van der Waals surface area contributed by atoms with E-state index in [1.807, 2.05) is 6.20 Å². The van der Waals surface area contributed by atoms with Gasteiger partial charge >= 0.3 is 0 Å². The summed E-state index contributed by atoms with van der Waals surface area (Å²) in [6.07, 6.45) is 7.51. The fourth-order valence-electron chi connectivity index (χ4n) is 2.73. The smallest absolute Gasteiger partial charge is 0.147 e. The summed E-state index contributed by atoms with van der Waals surface area (Å²) in [6.45, 7) is 2.59. The highest BCUT2D eigenvalue weighted by Crippen LogP contribution is 2.37. The van der Waals surface area contributed by atoms with Crippen LogP contribution >= 0.6 is 0 Å². The predicted octanol–water partition coefficient (Wildman–Crippen LogP) is 0.861. The minimum absolute atomic E-state index is 0.0296. The molecule has 2 aliphatic rings. The van der Waals surface area contributed by atoms with Crippen molar-refractivity contribution >= 4 is 5.82 Å². The predicted molar refractivity (Wildman–Crippen MR) is 63.0 cm³/mol. The molecule has 0 saturated carbocycles. The average molecular weight is 235 g/mol. The van der Waals surface area contributed by atoms with Crippen LogP contribution in [0.3, 0.4) is 0 Å². The lowest BCUT2D eigenvalue weighted by Crippen LogP contribution is -2.33. The quantitative estimate of drug-likeness (QED) is 0.761. The lowest BCUT2D eigenvalue weighted by molar-refractivity contribution is 0.0154. The van der Waals surface area contributed by atoms with E-state index >= 15 is 0 Å². The molecule has 5 heteroatoms. The van der Waals surface area contributed by atoms with Crippen LogP contribution in [0.4, 0.5) is 5.82 Å². The van der Waals surface area contributed by atoms with Gasteiger partial charge in [0.1, 0.15) is 5.82 Å². The molecule has 2 fully saturated rings. The molecule has 92 valence electrons. The van der Waals surface area contributed by atoms with Gasteiger partial charge in [0.15, 0.2) is 0 Å². The van der Waals surface area contributed by atoms with Crippen molar-refractivity contribution in [2.24, 2.45) is 0 Å². The molecule has 1 spiro atoms. The number of hydrogen-bond acceptors (Lipinski definition) is 5. The molecule has 17 heavy (non-hydrogen) atoms. The molecule has 1 aromatic rings. The Morgan fingerprint density at radius 2 is 2.47 bits per heavy atom. The molecule has 1 aromatic heterocycles. The van der Waals surface area contributed by atoms with E-state index in [4.69, 9.17) is 9.47 Å². The van der Waals surface area contributed by atoms with E-state index in [0.29, 0.717) is 6.61 Å². The zero-order valence-corrected chi connectivity index (χ0v) is 10.0. The van der Waals surface area contributed by atoms with E-state index in [9.17, 15) is 0 Å². The number of anilines is 1. The molecule has 2 atom stereocenters. The molecule has 0 bridgehead atoms. The number of hydrogen-bond donors (Lipinski definition) is 0. The monoisotopic (exact) mass is 235 g/mol. The Balaban J connectivity index is 1.70. The molecule has 0 aromatic carbocycles. The van der Waals surface area contributed by atoms with Crippen LogP contribution in [0.2, 0.25) is 0 Å². The fraction of sp³-hybridized carbons (Fsp3) is 0.667. The van der Waals surface area contributed by atoms with E-state index in [-0.39, 0.29) is 11.7 Å². The van der Waals surface area contributed by atoms with Gasteiger partial charge in [0.25, 0.3) is 0 Å². The Hall–Kier alpha value is -1.20. The number of aromatic nitrogens is 2. The molecule has 0 aliphatic carbocycles. The maximum absolute atomic E-state index is 5.94. The van der Waals surface area contributed by atoms with Gasteiger partial charge in [-0.15, -0.1) is 0 Å². The second-order valence-electron chi connectivity index (χ2n) is 4.79. The first-order valence-corrected chi connectivity index (χ1v) is 5.99. The number of nitrogens with zero attached hydrogens (tertiary/aromatic N) is 3. The van der Waals surface area contributed by atoms with E-state index in [2.05, 4.69) is 14.9 Å². The highest BCUT2D eigenvalue weighted by Gasteiger charge is 2.46. The highest BCUT2D eigenvalue weighted by atomic mass is 16.6. The van der Waals surface area contributed by atoms with E-state index in [1.54, 1.807) is 19.5 Å². The van der Waals surface area contributed by atoms with Gasteiger partial charge in [-0.1, -0.05) is 0 Å². The van der Waals surface area contributed by atoms with Crippen LogP contribution in [0, 0.1) is 0 Å². The molecule has 5 nitrogen and oxygen atoms in total. The van der Waals surface area contributed by atoms with Crippen molar-refractivity contribution < 1.29 is 9.47 Å². The van der Waals surface area contributed by atoms with Gasteiger partial charge in [0, 0.05) is 39.0 Å². The van der Waals surface area contributed by atoms with E-state index in [1.165, 1.54) is 0 Å². The molecule has 0 radical (unpaired) electrons. The van der Waals surface area contributed by atoms with Crippen LogP contribution in [-0.4, -0.2) is 48.5 Å². The molecule has 3 heterocycles. The Kier molecular flexibility index (Phi) is 2.72. The topological polar surface area (TPSA) is 47.5 Å². The summed E-state index contributed by atoms with van der Waals surface area (Å²) in [7, 11) is 1.75. The van der Waals surface area contributed by atoms with Crippen molar-refractivity contribution in [3.63, 3.8) is 0 Å². The van der Waals surface area contributed by atoms with Gasteiger partial charge in [-0.2, -0.15) is 0 Å². The van der Waals surface area contributed by atoms with Crippen molar-refractivity contribution in [3.05, 3.63) is 18.6 Å². The van der Waals surface area contributed by atoms with E-state index < -0.39 is 0 Å². The molecule has 0 amide bonds. The second-order valence-corrected chi connectivity index (χ2v) is 4.79. The molecule has 0 N–H and O–H groups in total. The van der Waals surface area contributed by atoms with Gasteiger partial charge < -0.3 is 14.4 Å². The summed E-state index contributed by atoms with van der Waals surface area (Å²) in [6, 6.07) is 0. The fourth-order valence-corrected chi connectivity index (χ4v) is 2.73. The first kappa shape index (κ1) is 10.9. The van der Waals surface area contributed by atoms with Crippen molar-refractivity contribution in [2.45, 2.75) is 24.5 Å². The largest absolute Gasteiger partial charge is 0.379 e. The summed E-state index contributed by atoms with van der Waals surface area (Å²) in [4.78, 5) is 10.7. The SMILES string of the molecule is COC1COC2(CCN(c3cnccn3)C2)C1. The molecular weight excluding hydrogens is 218 g/mol. The maximum atomic E-state index is 5.94. The van der Waals surface area contributed by atoms with Gasteiger partial charge in [0.2, 0.25) is 0 Å². The third-order valence-electron chi connectivity index (χ3n) is 3.70.